The van der Waals surface area contributed by atoms with E-state index in [2.05, 4.69) is 4.98 Å². The van der Waals surface area contributed by atoms with Crippen LogP contribution in [0.1, 0.15) is 27.6 Å². The molecule has 0 aliphatic carbocycles. The summed E-state index contributed by atoms with van der Waals surface area (Å²) in [5.41, 5.74) is -0.126. The Morgan fingerprint density at radius 1 is 1.19 bits per heavy atom. The van der Waals surface area contributed by atoms with Crippen LogP contribution in [0.4, 0.5) is 18.0 Å². The fourth-order valence-electron chi connectivity index (χ4n) is 2.72. The molecule has 0 saturated carbocycles. The van der Waals surface area contributed by atoms with E-state index in [0.29, 0.717) is 0 Å². The van der Waals surface area contributed by atoms with Gasteiger partial charge in [-0.05, 0) is 5.56 Å². The van der Waals surface area contributed by atoms with Crippen molar-refractivity contribution < 1.29 is 32.6 Å². The Bertz CT molecular complexity index is 833. The molecule has 1 aliphatic heterocycles. The Labute approximate surface area is 145 Å². The van der Waals surface area contributed by atoms with Gasteiger partial charge in [-0.25, -0.2) is 14.6 Å². The van der Waals surface area contributed by atoms with Crippen LogP contribution in [-0.4, -0.2) is 38.2 Å². The fraction of sp³-hybridized carbons (Fsp3) is 0.312. The van der Waals surface area contributed by atoms with Gasteiger partial charge < -0.3 is 19.3 Å². The fourth-order valence-corrected chi connectivity index (χ4v) is 2.72. The average Bonchev–Trinajstić information content (AvgIpc) is 3.00. The molecule has 1 aromatic carbocycles. The van der Waals surface area contributed by atoms with Crippen LogP contribution in [0.3, 0.4) is 0 Å². The van der Waals surface area contributed by atoms with Gasteiger partial charge in [0, 0.05) is 13.1 Å². The number of hydrogen-bond acceptors (Lipinski definition) is 4. The second kappa shape index (κ2) is 6.70. The molecule has 1 N–H and O–H groups in total. The summed E-state index contributed by atoms with van der Waals surface area (Å²) in [7, 11) is 0. The van der Waals surface area contributed by atoms with Crippen molar-refractivity contribution in [1.82, 2.24) is 14.5 Å². The molecule has 1 aromatic heterocycles. The molecule has 0 saturated heterocycles. The van der Waals surface area contributed by atoms with Gasteiger partial charge in [0.1, 0.15) is 6.61 Å². The minimum Gasteiger partial charge on any atom is -0.476 e. The van der Waals surface area contributed by atoms with Crippen LogP contribution in [0.25, 0.3) is 0 Å². The van der Waals surface area contributed by atoms with Crippen LogP contribution in [-0.2, 0) is 30.6 Å². The lowest BCUT2D eigenvalue weighted by Crippen LogP contribution is -2.39. The molecule has 2 heterocycles. The highest BCUT2D eigenvalue weighted by Gasteiger charge is 2.41. The number of hydrogen-bond donors (Lipinski definition) is 1. The molecule has 1 aliphatic rings. The number of carbonyl (C=O) groups is 2. The van der Waals surface area contributed by atoms with Crippen molar-refractivity contribution in [3.8, 4) is 0 Å². The zero-order valence-electron chi connectivity index (χ0n) is 13.4. The van der Waals surface area contributed by atoms with Crippen molar-refractivity contribution in [2.45, 2.75) is 25.9 Å². The highest BCUT2D eigenvalue weighted by molar-refractivity contribution is 5.87. The number of halogens is 3. The van der Waals surface area contributed by atoms with Gasteiger partial charge in [-0.15, -0.1) is 0 Å². The summed E-state index contributed by atoms with van der Waals surface area (Å²) in [5, 5.41) is 9.12. The zero-order chi connectivity index (χ0) is 18.9. The summed E-state index contributed by atoms with van der Waals surface area (Å²) in [5.74, 6) is -2.86. The number of carboxylic acid groups (broad SMARTS) is 1. The molecule has 0 fully saturated rings. The largest absolute Gasteiger partial charge is 0.476 e. The van der Waals surface area contributed by atoms with E-state index in [0.717, 1.165) is 15.0 Å². The van der Waals surface area contributed by atoms with E-state index in [1.807, 2.05) is 6.07 Å². The Kier molecular flexibility index (Phi) is 4.58. The number of nitrogens with zero attached hydrogens (tertiary/aromatic N) is 3. The molecule has 7 nitrogen and oxygen atoms in total. The minimum atomic E-state index is -4.78. The van der Waals surface area contributed by atoms with E-state index in [9.17, 15) is 22.8 Å². The van der Waals surface area contributed by atoms with Crippen molar-refractivity contribution >= 4 is 12.1 Å². The van der Waals surface area contributed by atoms with Gasteiger partial charge in [0.15, 0.2) is 5.69 Å². The number of aromatic carboxylic acids is 1. The monoisotopic (exact) mass is 369 g/mol. The summed E-state index contributed by atoms with van der Waals surface area (Å²) in [6.07, 6.45) is -5.51. The van der Waals surface area contributed by atoms with Crippen molar-refractivity contribution in [2.75, 3.05) is 6.54 Å². The topological polar surface area (TPSA) is 84.7 Å². The van der Waals surface area contributed by atoms with Crippen LogP contribution in [0, 0.1) is 0 Å². The first-order valence-electron chi connectivity index (χ1n) is 7.63. The number of carboxylic acids is 1. The number of ether oxygens (including phenoxy) is 1. The number of benzene rings is 1. The van der Waals surface area contributed by atoms with Crippen molar-refractivity contribution in [2.24, 2.45) is 0 Å². The number of imidazole rings is 1. The molecular weight excluding hydrogens is 355 g/mol. The third-order valence-corrected chi connectivity index (χ3v) is 3.93. The summed E-state index contributed by atoms with van der Waals surface area (Å²) in [6, 6.07) is 8.89. The van der Waals surface area contributed by atoms with E-state index in [-0.39, 0.29) is 31.9 Å². The first kappa shape index (κ1) is 17.8. The average molecular weight is 369 g/mol. The third-order valence-electron chi connectivity index (χ3n) is 3.93. The Morgan fingerprint density at radius 3 is 2.50 bits per heavy atom. The van der Waals surface area contributed by atoms with E-state index < -0.39 is 29.8 Å². The number of alkyl halides is 3. The molecule has 0 atom stereocenters. The van der Waals surface area contributed by atoms with Gasteiger partial charge >= 0.3 is 18.2 Å². The summed E-state index contributed by atoms with van der Waals surface area (Å²) in [4.78, 5) is 27.8. The molecule has 138 valence electrons. The minimum absolute atomic E-state index is 0.00895. The quantitative estimate of drug-likeness (QED) is 0.899. The first-order valence-corrected chi connectivity index (χ1v) is 7.63. The van der Waals surface area contributed by atoms with E-state index >= 15 is 0 Å². The Hall–Kier alpha value is -3.04. The van der Waals surface area contributed by atoms with Crippen LogP contribution in [0.15, 0.2) is 30.3 Å². The molecule has 0 radical (unpaired) electrons. The first-order chi connectivity index (χ1) is 12.3. The number of fused-ring (bicyclic) bond motifs is 1. The summed E-state index contributed by atoms with van der Waals surface area (Å²) in [6.45, 7) is -0.572. The predicted octanol–water partition coefficient (Wildman–Crippen LogP) is 2.75. The Morgan fingerprint density at radius 2 is 1.88 bits per heavy atom. The molecular formula is C16H14F3N3O4. The zero-order valence-corrected chi connectivity index (χ0v) is 13.4. The van der Waals surface area contributed by atoms with Crippen molar-refractivity contribution in [1.29, 1.82) is 0 Å². The van der Waals surface area contributed by atoms with Crippen LogP contribution in [0.2, 0.25) is 0 Å². The van der Waals surface area contributed by atoms with Crippen molar-refractivity contribution in [3.63, 3.8) is 0 Å². The maximum Gasteiger partial charge on any atom is 0.449 e. The predicted molar refractivity (Wildman–Crippen MR) is 81.2 cm³/mol. The second-order valence-corrected chi connectivity index (χ2v) is 5.65. The standard InChI is InChI=1S/C16H14F3N3O4/c17-16(18,19)14-20-12(13(23)24)11-8-21(6-7-22(11)14)15(25)26-9-10-4-2-1-3-5-10/h1-5H,6-9H2,(H,23,24). The van der Waals surface area contributed by atoms with E-state index in [1.165, 1.54) is 0 Å². The number of aromatic nitrogens is 2. The molecule has 0 spiro atoms. The van der Waals surface area contributed by atoms with Gasteiger partial charge in [-0.3, -0.25) is 0 Å². The van der Waals surface area contributed by atoms with Gasteiger partial charge in [-0.1, -0.05) is 30.3 Å². The van der Waals surface area contributed by atoms with Crippen molar-refractivity contribution in [3.05, 3.63) is 53.1 Å². The lowest BCUT2D eigenvalue weighted by atomic mass is 10.2. The molecule has 2 aromatic rings. The van der Waals surface area contributed by atoms with E-state index in [4.69, 9.17) is 9.84 Å². The SMILES string of the molecule is O=C(O)c1nc(C(F)(F)F)n2c1CN(C(=O)OCc1ccccc1)CC2. The van der Waals surface area contributed by atoms with Gasteiger partial charge in [0.2, 0.25) is 5.82 Å². The molecule has 26 heavy (non-hydrogen) atoms. The number of rotatable bonds is 3. The molecule has 0 unspecified atom stereocenters. The Balaban J connectivity index is 1.77. The van der Waals surface area contributed by atoms with Gasteiger partial charge in [-0.2, -0.15) is 13.2 Å². The molecule has 3 rings (SSSR count). The summed E-state index contributed by atoms with van der Waals surface area (Å²) >= 11 is 0. The normalized spacial score (nSPS) is 14.0. The molecule has 1 amide bonds. The van der Waals surface area contributed by atoms with Crippen LogP contribution >= 0.6 is 0 Å². The van der Waals surface area contributed by atoms with Crippen LogP contribution < -0.4 is 0 Å². The number of carbonyl (C=O) groups excluding carboxylic acids is 1. The maximum atomic E-state index is 13.0. The smallest absolute Gasteiger partial charge is 0.449 e. The maximum absolute atomic E-state index is 13.0. The lowest BCUT2D eigenvalue weighted by Gasteiger charge is -2.28. The van der Waals surface area contributed by atoms with Gasteiger partial charge in [0.05, 0.1) is 12.2 Å². The second-order valence-electron chi connectivity index (χ2n) is 5.65. The highest BCUT2D eigenvalue weighted by Crippen LogP contribution is 2.32. The third kappa shape index (κ3) is 3.48. The van der Waals surface area contributed by atoms with Crippen LogP contribution in [0.5, 0.6) is 0 Å². The number of amides is 1. The molecule has 0 bridgehead atoms. The van der Waals surface area contributed by atoms with E-state index in [1.54, 1.807) is 24.3 Å². The molecule has 10 heteroatoms. The lowest BCUT2D eigenvalue weighted by molar-refractivity contribution is -0.147. The highest BCUT2D eigenvalue weighted by atomic mass is 19.4. The van der Waals surface area contributed by atoms with Gasteiger partial charge in [0.25, 0.3) is 0 Å². The summed E-state index contributed by atoms with van der Waals surface area (Å²) < 4.78 is 45.0.